The number of aromatic nitrogens is 4. The average Bonchev–Trinajstić information content (AvgIpc) is 3.31. The van der Waals surface area contributed by atoms with Crippen LogP contribution in [0.3, 0.4) is 0 Å². The van der Waals surface area contributed by atoms with Crippen molar-refractivity contribution in [2.45, 2.75) is 18.1 Å². The van der Waals surface area contributed by atoms with Crippen molar-refractivity contribution in [2.24, 2.45) is 0 Å². The molecule has 0 bridgehead atoms. The van der Waals surface area contributed by atoms with Gasteiger partial charge < -0.3 is 19.5 Å². The van der Waals surface area contributed by atoms with E-state index in [0.29, 0.717) is 49.0 Å². The molecule has 1 fully saturated rings. The molecule has 2 aromatic rings. The van der Waals surface area contributed by atoms with Crippen molar-refractivity contribution in [1.29, 1.82) is 0 Å². The fourth-order valence-corrected chi connectivity index (χ4v) is 3.91. The van der Waals surface area contributed by atoms with Crippen molar-refractivity contribution in [3.63, 3.8) is 0 Å². The molecule has 1 N–H and O–H groups in total. The van der Waals surface area contributed by atoms with Gasteiger partial charge in [0.2, 0.25) is 11.8 Å². The second-order valence-electron chi connectivity index (χ2n) is 5.64. The predicted octanol–water partition coefficient (Wildman–Crippen LogP) is 1.05. The van der Waals surface area contributed by atoms with Crippen molar-refractivity contribution >= 4 is 40.0 Å². The van der Waals surface area contributed by atoms with Gasteiger partial charge in [-0.25, -0.2) is 4.98 Å². The maximum atomic E-state index is 12.3. The van der Waals surface area contributed by atoms with Gasteiger partial charge in [0.15, 0.2) is 10.3 Å². The van der Waals surface area contributed by atoms with Crippen LogP contribution in [0, 0.1) is 0 Å². The van der Waals surface area contributed by atoms with Crippen LogP contribution in [0.4, 0.5) is 5.13 Å². The second-order valence-corrected chi connectivity index (χ2v) is 7.48. The van der Waals surface area contributed by atoms with E-state index in [2.05, 4.69) is 27.1 Å². The van der Waals surface area contributed by atoms with E-state index in [-0.39, 0.29) is 24.0 Å². The van der Waals surface area contributed by atoms with E-state index in [9.17, 15) is 9.59 Å². The number of nitrogens with zero attached hydrogens (tertiary/aromatic N) is 5. The third kappa shape index (κ3) is 5.37. The average molecular weight is 409 g/mol. The van der Waals surface area contributed by atoms with Crippen molar-refractivity contribution in [3.8, 4) is 0 Å². The Hall–Kier alpha value is -2.24. The van der Waals surface area contributed by atoms with E-state index in [4.69, 9.17) is 4.74 Å². The molecule has 9 nitrogen and oxygen atoms in total. The minimum absolute atomic E-state index is 0.0412. The number of allylic oxidation sites excluding steroid dienone is 1. The third-order valence-electron chi connectivity index (χ3n) is 3.79. The largest absolute Gasteiger partial charge is 0.378 e. The molecule has 0 aromatic carbocycles. The Kier molecular flexibility index (Phi) is 6.96. The first-order chi connectivity index (χ1) is 13.2. The molecule has 0 aliphatic carbocycles. The molecule has 2 amide bonds. The molecular formula is C16H20N6O3S2. The maximum Gasteiger partial charge on any atom is 0.233 e. The molecule has 27 heavy (non-hydrogen) atoms. The van der Waals surface area contributed by atoms with Crippen LogP contribution in [0.2, 0.25) is 0 Å². The molecule has 0 saturated carbocycles. The number of amides is 2. The molecule has 144 valence electrons. The van der Waals surface area contributed by atoms with E-state index in [1.807, 2.05) is 0 Å². The zero-order chi connectivity index (χ0) is 19.1. The van der Waals surface area contributed by atoms with Crippen molar-refractivity contribution < 1.29 is 14.3 Å². The minimum Gasteiger partial charge on any atom is -0.378 e. The second kappa shape index (κ2) is 9.62. The lowest BCUT2D eigenvalue weighted by Gasteiger charge is -2.26. The van der Waals surface area contributed by atoms with Gasteiger partial charge in [-0.3, -0.25) is 9.59 Å². The monoisotopic (exact) mass is 408 g/mol. The van der Waals surface area contributed by atoms with Gasteiger partial charge in [-0.2, -0.15) is 0 Å². The predicted molar refractivity (Wildman–Crippen MR) is 103 cm³/mol. The van der Waals surface area contributed by atoms with Crippen LogP contribution in [0.15, 0.2) is 29.4 Å². The van der Waals surface area contributed by atoms with Gasteiger partial charge in [-0.05, 0) is 0 Å². The summed E-state index contributed by atoms with van der Waals surface area (Å²) in [6.07, 6.45) is 3.40. The Morgan fingerprint density at radius 1 is 1.37 bits per heavy atom. The quantitative estimate of drug-likeness (QED) is 0.514. The first-order valence-electron chi connectivity index (χ1n) is 8.38. The Balaban J connectivity index is 1.60. The van der Waals surface area contributed by atoms with Crippen LogP contribution in [0.5, 0.6) is 0 Å². The number of morpholine rings is 1. The topological polar surface area (TPSA) is 102 Å². The van der Waals surface area contributed by atoms with Gasteiger partial charge in [0, 0.05) is 31.2 Å². The summed E-state index contributed by atoms with van der Waals surface area (Å²) < 4.78 is 7.06. The Morgan fingerprint density at radius 2 is 2.19 bits per heavy atom. The van der Waals surface area contributed by atoms with E-state index in [1.165, 1.54) is 23.1 Å². The van der Waals surface area contributed by atoms with E-state index < -0.39 is 0 Å². The molecule has 0 atom stereocenters. The summed E-state index contributed by atoms with van der Waals surface area (Å²) in [5, 5.41) is 13.9. The summed E-state index contributed by atoms with van der Waals surface area (Å²) in [4.78, 5) is 30.3. The van der Waals surface area contributed by atoms with Crippen LogP contribution in [0.1, 0.15) is 5.82 Å². The van der Waals surface area contributed by atoms with Crippen LogP contribution in [-0.4, -0.2) is 68.5 Å². The molecule has 3 rings (SSSR count). The molecule has 0 spiro atoms. The van der Waals surface area contributed by atoms with Gasteiger partial charge in [0.1, 0.15) is 5.82 Å². The lowest BCUT2D eigenvalue weighted by Crippen LogP contribution is -2.41. The Morgan fingerprint density at radius 3 is 2.89 bits per heavy atom. The molecule has 2 aromatic heterocycles. The first kappa shape index (κ1) is 19.5. The van der Waals surface area contributed by atoms with Gasteiger partial charge in [0.05, 0.1) is 25.4 Å². The lowest BCUT2D eigenvalue weighted by atomic mass is 10.3. The molecular weight excluding hydrogens is 388 g/mol. The minimum atomic E-state index is -0.219. The Bertz CT molecular complexity index is 786. The zero-order valence-electron chi connectivity index (χ0n) is 14.7. The summed E-state index contributed by atoms with van der Waals surface area (Å²) in [7, 11) is 0. The number of anilines is 1. The van der Waals surface area contributed by atoms with Crippen molar-refractivity contribution in [2.75, 3.05) is 37.4 Å². The van der Waals surface area contributed by atoms with Gasteiger partial charge in [0.25, 0.3) is 0 Å². The van der Waals surface area contributed by atoms with E-state index in [1.54, 1.807) is 27.1 Å². The molecule has 11 heteroatoms. The van der Waals surface area contributed by atoms with Crippen molar-refractivity contribution in [1.82, 2.24) is 24.6 Å². The van der Waals surface area contributed by atoms with Gasteiger partial charge in [-0.1, -0.05) is 17.8 Å². The number of hydrogen-bond acceptors (Lipinski definition) is 8. The summed E-state index contributed by atoms with van der Waals surface area (Å²) >= 11 is 2.66. The number of carbonyl (C=O) groups excluding carboxylic acids is 2. The molecule has 1 aliphatic rings. The lowest BCUT2D eigenvalue weighted by molar-refractivity contribution is -0.132. The molecule has 3 heterocycles. The molecule has 0 radical (unpaired) electrons. The highest BCUT2D eigenvalue weighted by molar-refractivity contribution is 7.99. The van der Waals surface area contributed by atoms with Crippen molar-refractivity contribution in [3.05, 3.63) is 30.1 Å². The number of nitrogens with one attached hydrogen (secondary N) is 1. The highest BCUT2D eigenvalue weighted by Gasteiger charge is 2.20. The highest BCUT2D eigenvalue weighted by atomic mass is 32.2. The van der Waals surface area contributed by atoms with Crippen LogP contribution >= 0.6 is 23.1 Å². The summed E-state index contributed by atoms with van der Waals surface area (Å²) in [5.74, 6) is 0.606. The zero-order valence-corrected chi connectivity index (χ0v) is 16.3. The number of hydrogen-bond donors (Lipinski definition) is 1. The Labute approximate surface area is 164 Å². The van der Waals surface area contributed by atoms with Crippen LogP contribution < -0.4 is 5.32 Å². The summed E-state index contributed by atoms with van der Waals surface area (Å²) in [5.41, 5.74) is 0. The highest BCUT2D eigenvalue weighted by Crippen LogP contribution is 2.19. The van der Waals surface area contributed by atoms with E-state index >= 15 is 0 Å². The normalized spacial score (nSPS) is 14.1. The number of rotatable bonds is 8. The SMILES string of the molecule is C=CCn1c(CC(=O)Nc2nccs2)nnc1SCC(=O)N1CCOCC1. The molecule has 1 saturated heterocycles. The maximum absolute atomic E-state index is 12.3. The number of thiazole rings is 1. The fraction of sp³-hybridized carbons (Fsp3) is 0.438. The summed E-state index contributed by atoms with van der Waals surface area (Å²) in [6.45, 7) is 6.57. The third-order valence-corrected chi connectivity index (χ3v) is 5.43. The smallest absolute Gasteiger partial charge is 0.233 e. The van der Waals surface area contributed by atoms with E-state index in [0.717, 1.165) is 0 Å². The number of thioether (sulfide) groups is 1. The first-order valence-corrected chi connectivity index (χ1v) is 10.2. The van der Waals surface area contributed by atoms with Crippen LogP contribution in [0.25, 0.3) is 0 Å². The van der Waals surface area contributed by atoms with Gasteiger partial charge in [-0.15, -0.1) is 28.1 Å². The molecule has 1 aliphatic heterocycles. The van der Waals surface area contributed by atoms with Gasteiger partial charge >= 0.3 is 0 Å². The summed E-state index contributed by atoms with van der Waals surface area (Å²) in [6, 6.07) is 0. The number of carbonyl (C=O) groups is 2. The van der Waals surface area contributed by atoms with Crippen LogP contribution in [-0.2, 0) is 27.3 Å². The number of ether oxygens (including phenoxy) is 1. The molecule has 0 unspecified atom stereocenters. The fourth-order valence-electron chi connectivity index (χ4n) is 2.49. The standard InChI is InChI=1S/C16H20N6O3S2/c1-2-4-22-12(10-13(23)18-15-17-3-9-26-15)19-20-16(22)27-11-14(24)21-5-7-25-8-6-21/h2-3,9H,1,4-8,10-11H2,(H,17,18,23).